The maximum absolute atomic E-state index is 13.9. The summed E-state index contributed by atoms with van der Waals surface area (Å²) in [5.41, 5.74) is 2.32. The normalized spacial score (nSPS) is 14.8. The first kappa shape index (κ1) is 29.8. The number of aromatic nitrogens is 1. The van der Waals surface area contributed by atoms with Gasteiger partial charge in [0.1, 0.15) is 17.3 Å². The molecule has 9 nitrogen and oxygen atoms in total. The molecule has 0 spiro atoms. The topological polar surface area (TPSA) is 109 Å². The van der Waals surface area contributed by atoms with Crippen LogP contribution in [0.4, 0.5) is 0 Å². The molecule has 0 amide bonds. The van der Waals surface area contributed by atoms with Crippen molar-refractivity contribution in [1.29, 1.82) is 0 Å². The summed E-state index contributed by atoms with van der Waals surface area (Å²) in [6.07, 6.45) is 1.31. The molecule has 2 aromatic carbocycles. The lowest BCUT2D eigenvalue weighted by Gasteiger charge is -2.25. The molecule has 1 atom stereocenters. The number of furan rings is 1. The van der Waals surface area contributed by atoms with Gasteiger partial charge in [-0.2, -0.15) is 0 Å². The molecular weight excluding hydrogens is 568 g/mol. The number of esters is 2. The minimum atomic E-state index is -0.738. The van der Waals surface area contributed by atoms with E-state index in [1.165, 1.54) is 15.9 Å². The molecule has 0 aliphatic carbocycles. The number of hydrogen-bond donors (Lipinski definition) is 0. The number of carbonyl (C=O) groups is 2. The number of carbonyl (C=O) groups excluding carboxylic acids is 2. The zero-order chi connectivity index (χ0) is 30.7. The molecule has 222 valence electrons. The van der Waals surface area contributed by atoms with Crippen LogP contribution in [0, 0.1) is 0 Å². The molecule has 0 N–H and O–H groups in total. The van der Waals surface area contributed by atoms with Gasteiger partial charge in [-0.05, 0) is 76.6 Å². The Morgan fingerprint density at radius 1 is 1.05 bits per heavy atom. The molecular formula is C33H32N2O7S. The monoisotopic (exact) mass is 600 g/mol. The average molecular weight is 601 g/mol. The van der Waals surface area contributed by atoms with Crippen molar-refractivity contribution in [2.24, 2.45) is 4.99 Å². The lowest BCUT2D eigenvalue weighted by atomic mass is 9.96. The van der Waals surface area contributed by atoms with E-state index in [0.29, 0.717) is 55.6 Å². The van der Waals surface area contributed by atoms with E-state index in [-0.39, 0.29) is 18.3 Å². The van der Waals surface area contributed by atoms with Crippen LogP contribution in [0.25, 0.3) is 17.4 Å². The third kappa shape index (κ3) is 6.24. The fourth-order valence-corrected chi connectivity index (χ4v) is 5.84. The predicted molar refractivity (Wildman–Crippen MR) is 163 cm³/mol. The maximum atomic E-state index is 13.9. The number of nitrogens with zero attached hydrogens (tertiary/aromatic N) is 2. The summed E-state index contributed by atoms with van der Waals surface area (Å²) in [5.74, 6) is 0.741. The summed E-state index contributed by atoms with van der Waals surface area (Å²) in [7, 11) is 0. The van der Waals surface area contributed by atoms with Gasteiger partial charge in [-0.15, -0.1) is 0 Å². The van der Waals surface area contributed by atoms with Gasteiger partial charge in [0, 0.05) is 11.6 Å². The van der Waals surface area contributed by atoms with Gasteiger partial charge >= 0.3 is 11.9 Å². The molecule has 0 bridgehead atoms. The van der Waals surface area contributed by atoms with E-state index in [4.69, 9.17) is 18.6 Å². The van der Waals surface area contributed by atoms with Gasteiger partial charge < -0.3 is 18.6 Å². The number of ether oxygens (including phenoxy) is 3. The fraction of sp³-hybridized carbons (Fsp3) is 0.273. The Bertz CT molecular complexity index is 1880. The van der Waals surface area contributed by atoms with Gasteiger partial charge in [0.25, 0.3) is 5.56 Å². The van der Waals surface area contributed by atoms with Gasteiger partial charge in [0.15, 0.2) is 4.80 Å². The third-order valence-electron chi connectivity index (χ3n) is 6.65. The number of hydrogen-bond acceptors (Lipinski definition) is 9. The summed E-state index contributed by atoms with van der Waals surface area (Å²) in [6.45, 7) is 9.76. The number of benzene rings is 2. The SMILES string of the molecule is CCOC(=O)c1cccc(-c2ccc(/C=c3/sc4n(c3=O)[C@H](c3ccc(OCC)cc3)C(C(=O)OC(C)C)=C(C)N=4)o2)c1. The zero-order valence-corrected chi connectivity index (χ0v) is 25.4. The Labute approximate surface area is 252 Å². The fourth-order valence-electron chi connectivity index (χ4n) is 4.82. The predicted octanol–water partition coefficient (Wildman–Crippen LogP) is 5.02. The first-order valence-corrected chi connectivity index (χ1v) is 14.9. The molecule has 0 saturated carbocycles. The highest BCUT2D eigenvalue weighted by atomic mass is 32.1. The van der Waals surface area contributed by atoms with Crippen LogP contribution >= 0.6 is 11.3 Å². The smallest absolute Gasteiger partial charge is 0.338 e. The summed E-state index contributed by atoms with van der Waals surface area (Å²) in [6, 6.07) is 17.1. The van der Waals surface area contributed by atoms with Crippen molar-refractivity contribution in [3.05, 3.63) is 109 Å². The zero-order valence-electron chi connectivity index (χ0n) is 24.6. The van der Waals surface area contributed by atoms with Crippen molar-refractivity contribution in [3.8, 4) is 17.1 Å². The maximum Gasteiger partial charge on any atom is 0.338 e. The van der Waals surface area contributed by atoms with Crippen molar-refractivity contribution in [1.82, 2.24) is 4.57 Å². The highest BCUT2D eigenvalue weighted by Crippen LogP contribution is 2.32. The van der Waals surface area contributed by atoms with Crippen molar-refractivity contribution >= 4 is 29.4 Å². The second-order valence-electron chi connectivity index (χ2n) is 10.0. The van der Waals surface area contributed by atoms with Gasteiger partial charge in [0.2, 0.25) is 0 Å². The third-order valence-corrected chi connectivity index (χ3v) is 7.63. The van der Waals surface area contributed by atoms with Crippen LogP contribution in [0.1, 0.15) is 62.3 Å². The summed E-state index contributed by atoms with van der Waals surface area (Å²) < 4.78 is 24.2. The first-order chi connectivity index (χ1) is 20.7. The number of rotatable bonds is 9. The minimum absolute atomic E-state index is 0.282. The van der Waals surface area contributed by atoms with Crippen molar-refractivity contribution in [3.63, 3.8) is 0 Å². The van der Waals surface area contributed by atoms with Gasteiger partial charge in [-0.3, -0.25) is 9.36 Å². The van der Waals surface area contributed by atoms with Crippen molar-refractivity contribution < 1.29 is 28.2 Å². The quantitative estimate of drug-likeness (QED) is 0.248. The molecule has 0 saturated heterocycles. The van der Waals surface area contributed by atoms with Crippen molar-refractivity contribution in [2.45, 2.75) is 46.8 Å². The minimum Gasteiger partial charge on any atom is -0.494 e. The highest BCUT2D eigenvalue weighted by Gasteiger charge is 2.33. The van der Waals surface area contributed by atoms with Gasteiger partial charge in [-0.25, -0.2) is 14.6 Å². The molecule has 0 fully saturated rings. The molecule has 3 heterocycles. The van der Waals surface area contributed by atoms with E-state index in [2.05, 4.69) is 4.99 Å². The molecule has 43 heavy (non-hydrogen) atoms. The number of thiazole rings is 1. The summed E-state index contributed by atoms with van der Waals surface area (Å²) in [5, 5.41) is 0. The van der Waals surface area contributed by atoms with Crippen LogP contribution in [0.3, 0.4) is 0 Å². The molecule has 10 heteroatoms. The van der Waals surface area contributed by atoms with E-state index in [1.54, 1.807) is 64.1 Å². The van der Waals surface area contributed by atoms with Crippen LogP contribution in [-0.4, -0.2) is 35.8 Å². The van der Waals surface area contributed by atoms with Gasteiger partial charge in [0.05, 0.1) is 46.7 Å². The molecule has 4 aromatic rings. The molecule has 5 rings (SSSR count). The molecule has 1 aliphatic rings. The average Bonchev–Trinajstić information content (AvgIpc) is 3.57. The van der Waals surface area contributed by atoms with E-state index in [0.717, 1.165) is 5.56 Å². The molecule has 0 radical (unpaired) electrons. The van der Waals surface area contributed by atoms with Gasteiger partial charge in [-0.1, -0.05) is 35.6 Å². The number of fused-ring (bicyclic) bond motifs is 1. The summed E-state index contributed by atoms with van der Waals surface area (Å²) in [4.78, 5) is 44.5. The number of allylic oxidation sites excluding steroid dienone is 1. The van der Waals surface area contributed by atoms with E-state index >= 15 is 0 Å². The van der Waals surface area contributed by atoms with Crippen molar-refractivity contribution in [2.75, 3.05) is 13.2 Å². The van der Waals surface area contributed by atoms with Crippen LogP contribution in [0.2, 0.25) is 0 Å². The molecule has 1 aliphatic heterocycles. The largest absolute Gasteiger partial charge is 0.494 e. The Morgan fingerprint density at radius 3 is 2.51 bits per heavy atom. The van der Waals surface area contributed by atoms with E-state index in [9.17, 15) is 14.4 Å². The second kappa shape index (κ2) is 12.7. The highest BCUT2D eigenvalue weighted by molar-refractivity contribution is 7.07. The van der Waals surface area contributed by atoms with Crippen LogP contribution in [0.15, 0.2) is 86.1 Å². The summed E-state index contributed by atoms with van der Waals surface area (Å²) >= 11 is 1.21. The first-order valence-electron chi connectivity index (χ1n) is 14.0. The Kier molecular flexibility index (Phi) is 8.77. The lowest BCUT2D eigenvalue weighted by molar-refractivity contribution is -0.143. The Balaban J connectivity index is 1.57. The van der Waals surface area contributed by atoms with Crippen LogP contribution in [0.5, 0.6) is 5.75 Å². The van der Waals surface area contributed by atoms with E-state index in [1.807, 2.05) is 37.3 Å². The lowest BCUT2D eigenvalue weighted by Crippen LogP contribution is -2.40. The molecule has 2 aromatic heterocycles. The van der Waals surface area contributed by atoms with Crippen LogP contribution in [-0.2, 0) is 14.3 Å². The second-order valence-corrected chi connectivity index (χ2v) is 11.1. The standard InChI is InChI=1S/C33H32N2O7S/c1-6-39-24-13-11-21(12-14-24)29-28(32(38)41-19(3)4)20(5)34-33-35(29)30(36)27(43-33)18-25-15-16-26(42-25)22-9-8-10-23(17-22)31(37)40-7-2/h8-19,29H,6-7H2,1-5H3/b27-18+/t29-/m1/s1. The molecule has 0 unspecified atom stereocenters. The Morgan fingerprint density at radius 2 is 1.81 bits per heavy atom. The van der Waals surface area contributed by atoms with E-state index < -0.39 is 18.0 Å². The van der Waals surface area contributed by atoms with Crippen LogP contribution < -0.4 is 19.6 Å². The Hall–Kier alpha value is -4.70.